The number of hydrogen-bond donors (Lipinski definition) is 3. The Balaban J connectivity index is 1.58. The zero-order valence-corrected chi connectivity index (χ0v) is 21.4. The Morgan fingerprint density at radius 3 is 1.10 bits per heavy atom. The Morgan fingerprint density at radius 1 is 0.452 bits per heavy atom. The van der Waals surface area contributed by atoms with E-state index in [0.29, 0.717) is 0 Å². The number of hydrogen-bond acceptors (Lipinski definition) is 0. The molecule has 152 valence electrons. The fourth-order valence-corrected chi connectivity index (χ4v) is 13.7. The molecule has 0 aliphatic carbocycles. The topological polar surface area (TPSA) is 47.4 Å². The van der Waals surface area contributed by atoms with Crippen LogP contribution in [-0.2, 0) is 0 Å². The van der Waals surface area contributed by atoms with Crippen LogP contribution in [0.3, 0.4) is 0 Å². The molecule has 0 saturated carbocycles. The average molecular weight is 599 g/mol. The van der Waals surface area contributed by atoms with Crippen LogP contribution >= 0.6 is 0 Å². The van der Waals surface area contributed by atoms with E-state index in [-0.39, 0.29) is 0 Å². The van der Waals surface area contributed by atoms with E-state index in [2.05, 4.69) is 109 Å². The van der Waals surface area contributed by atoms with E-state index in [1.54, 1.807) is 0 Å². The molecule has 0 amide bonds. The molecule has 6 rings (SSSR count). The second kappa shape index (κ2) is 7.10. The van der Waals surface area contributed by atoms with E-state index in [4.69, 9.17) is 0 Å². The van der Waals surface area contributed by atoms with Gasteiger partial charge in [-0.05, 0) is 0 Å². The molecule has 4 heteroatoms. The predicted molar refractivity (Wildman–Crippen MR) is 134 cm³/mol. The van der Waals surface area contributed by atoms with Crippen LogP contribution in [-0.4, -0.2) is 36.7 Å². The Kier molecular flexibility index (Phi) is 4.33. The van der Waals surface area contributed by atoms with Crippen LogP contribution in [0.4, 0.5) is 0 Å². The molecule has 0 aliphatic rings. The van der Waals surface area contributed by atoms with E-state index >= 15 is 0 Å². The van der Waals surface area contributed by atoms with E-state index < -0.39 is 21.8 Å². The maximum absolute atomic E-state index is 3.54. The molecule has 0 radical (unpaired) electrons. The van der Waals surface area contributed by atoms with Crippen molar-refractivity contribution in [2.75, 3.05) is 0 Å². The van der Waals surface area contributed by atoms with E-state index in [9.17, 15) is 0 Å². The Labute approximate surface area is 189 Å². The van der Waals surface area contributed by atoms with Crippen molar-refractivity contribution < 1.29 is 0 Å². The molecule has 0 bridgehead atoms. The third-order valence-electron chi connectivity index (χ3n) is 6.00. The van der Waals surface area contributed by atoms with Crippen LogP contribution in [0.25, 0.3) is 32.7 Å². The summed E-state index contributed by atoms with van der Waals surface area (Å²) in [5, 5.41) is 3.86. The summed E-state index contributed by atoms with van der Waals surface area (Å²) in [4.78, 5) is 10.6. The monoisotopic (exact) mass is 599 g/mol. The zero-order valence-electron chi connectivity index (χ0n) is 17.9. The number of H-pyrrole nitrogens is 3. The third-order valence-corrected chi connectivity index (χ3v) is 15.3. The first kappa shape index (κ1) is 18.9. The van der Waals surface area contributed by atoms with Gasteiger partial charge < -0.3 is 0 Å². The maximum atomic E-state index is 3.54. The zero-order chi connectivity index (χ0) is 21.1. The molecule has 3 aromatic heterocycles. The molecule has 31 heavy (non-hydrogen) atoms. The van der Waals surface area contributed by atoms with Gasteiger partial charge in [-0.3, -0.25) is 0 Å². The molecule has 3 nitrogen and oxygen atoms in total. The summed E-state index contributed by atoms with van der Waals surface area (Å²) < 4.78 is 4.49. The van der Waals surface area contributed by atoms with Gasteiger partial charge >= 0.3 is 190 Å². The normalized spacial score (nSPS) is 12.0. The summed E-state index contributed by atoms with van der Waals surface area (Å²) in [6.45, 7) is 6.38. The van der Waals surface area contributed by atoms with Crippen molar-refractivity contribution in [2.45, 2.75) is 20.8 Å². The van der Waals surface area contributed by atoms with Crippen LogP contribution in [0.15, 0.2) is 72.8 Å². The van der Waals surface area contributed by atoms with Crippen LogP contribution in [0.2, 0.25) is 0 Å². The van der Waals surface area contributed by atoms with E-state index in [1.165, 1.54) is 59.6 Å². The van der Waals surface area contributed by atoms with Crippen LogP contribution < -0.4 is 9.81 Å². The van der Waals surface area contributed by atoms with Gasteiger partial charge in [0, 0.05) is 0 Å². The molecule has 0 fully saturated rings. The SMILES string of the molecule is Cc1cc2cc[c]([Bi]([c]3ccc4cc(C)[nH]c4c3)[c]3ccc4cc(C)[nH]c4c3)cc2[nH]1. The number of benzene rings is 3. The second-order valence-electron chi connectivity index (χ2n) is 8.51. The van der Waals surface area contributed by atoms with E-state index in [1.807, 2.05) is 0 Å². The summed E-state index contributed by atoms with van der Waals surface area (Å²) in [5.41, 5.74) is 7.36. The molecule has 0 spiro atoms. The van der Waals surface area contributed by atoms with Crippen LogP contribution in [0.5, 0.6) is 0 Å². The molecular formula is C27H24BiN3. The molecular weight excluding hydrogens is 575 g/mol. The first-order valence-corrected chi connectivity index (χ1v) is 15.8. The van der Waals surface area contributed by atoms with Crippen LogP contribution in [0.1, 0.15) is 17.1 Å². The Bertz CT molecular complexity index is 1390. The molecule has 0 unspecified atom stereocenters. The first-order chi connectivity index (χ1) is 15.0. The van der Waals surface area contributed by atoms with Gasteiger partial charge in [0.2, 0.25) is 0 Å². The molecule has 3 N–H and O–H groups in total. The number of aryl methyl sites for hydroxylation is 3. The van der Waals surface area contributed by atoms with E-state index in [0.717, 1.165) is 0 Å². The Morgan fingerprint density at radius 2 is 0.774 bits per heavy atom. The number of rotatable bonds is 3. The fourth-order valence-electron chi connectivity index (χ4n) is 4.64. The molecule has 0 atom stereocenters. The molecule has 3 heterocycles. The predicted octanol–water partition coefficient (Wildman–Crippen LogP) is 4.57. The van der Waals surface area contributed by atoms with Gasteiger partial charge in [-0.1, -0.05) is 0 Å². The Hall–Kier alpha value is -2.84. The van der Waals surface area contributed by atoms with Gasteiger partial charge in [-0.25, -0.2) is 0 Å². The van der Waals surface area contributed by atoms with Crippen molar-refractivity contribution in [2.24, 2.45) is 0 Å². The average Bonchev–Trinajstić information content (AvgIpc) is 3.40. The van der Waals surface area contributed by atoms with Crippen LogP contribution in [0, 0.1) is 20.8 Å². The summed E-state index contributed by atoms with van der Waals surface area (Å²) in [7, 11) is 0. The molecule has 0 saturated heterocycles. The molecule has 0 aliphatic heterocycles. The van der Waals surface area contributed by atoms with Gasteiger partial charge in [-0.2, -0.15) is 0 Å². The van der Waals surface area contributed by atoms with Gasteiger partial charge in [0.25, 0.3) is 0 Å². The van der Waals surface area contributed by atoms with Gasteiger partial charge in [0.15, 0.2) is 0 Å². The van der Waals surface area contributed by atoms with Crippen molar-refractivity contribution in [3.63, 3.8) is 0 Å². The van der Waals surface area contributed by atoms with Gasteiger partial charge in [0.1, 0.15) is 0 Å². The fraction of sp³-hybridized carbons (Fsp3) is 0.111. The minimum absolute atomic E-state index is 1.21. The van der Waals surface area contributed by atoms with Gasteiger partial charge in [0.05, 0.1) is 0 Å². The van der Waals surface area contributed by atoms with Gasteiger partial charge in [-0.15, -0.1) is 0 Å². The second-order valence-corrected chi connectivity index (χ2v) is 17.1. The standard InChI is InChI=1S/3C9H8N.Bi/c3*1-7-6-8-4-2-3-5-9(8)10-7;/h3*2,4-6,10H,1H3;. The third kappa shape index (κ3) is 3.30. The number of nitrogens with one attached hydrogen (secondary N) is 3. The molecule has 6 aromatic rings. The number of aromatic amines is 3. The number of fused-ring (bicyclic) bond motifs is 3. The van der Waals surface area contributed by atoms with Crippen molar-refractivity contribution >= 4 is 64.3 Å². The quantitative estimate of drug-likeness (QED) is 0.250. The van der Waals surface area contributed by atoms with Crippen molar-refractivity contribution in [3.05, 3.63) is 89.9 Å². The number of aromatic nitrogens is 3. The summed E-state index contributed by atoms with van der Waals surface area (Å²) in [5.74, 6) is 0. The van der Waals surface area contributed by atoms with Crippen molar-refractivity contribution in [1.82, 2.24) is 15.0 Å². The molecule has 3 aromatic carbocycles. The summed E-state index contributed by atoms with van der Waals surface area (Å²) >= 11 is -2.51. The summed E-state index contributed by atoms with van der Waals surface area (Å²) in [6, 6.07) is 27.8. The first-order valence-electron chi connectivity index (χ1n) is 10.6. The van der Waals surface area contributed by atoms with Crippen molar-refractivity contribution in [1.29, 1.82) is 0 Å². The van der Waals surface area contributed by atoms with Crippen molar-refractivity contribution in [3.8, 4) is 0 Å². The minimum atomic E-state index is -2.51. The summed E-state index contributed by atoms with van der Waals surface area (Å²) in [6.07, 6.45) is 0.